The largest absolute Gasteiger partial charge is 0.488 e. The molecule has 1 fully saturated rings. The van der Waals surface area contributed by atoms with Gasteiger partial charge in [0.2, 0.25) is 15.9 Å². The van der Waals surface area contributed by atoms with Crippen LogP contribution in [0.2, 0.25) is 0 Å². The van der Waals surface area contributed by atoms with E-state index < -0.39 is 39.4 Å². The fraction of sp³-hybridized carbons (Fsp3) is 0.579. The quantitative estimate of drug-likeness (QED) is 0.311. The monoisotopic (exact) mass is 461 g/mol. The molecule has 0 unspecified atom stereocenters. The van der Waals surface area contributed by atoms with Gasteiger partial charge in [-0.15, -0.1) is 0 Å². The van der Waals surface area contributed by atoms with Gasteiger partial charge in [-0.2, -0.15) is 0 Å². The second-order valence-electron chi connectivity index (χ2n) is 7.89. The highest BCUT2D eigenvalue weighted by Crippen LogP contribution is 2.24. The number of ether oxygens (including phenoxy) is 2. The van der Waals surface area contributed by atoms with Gasteiger partial charge in [-0.25, -0.2) is 22.3 Å². The minimum Gasteiger partial charge on any atom is -0.488 e. The summed E-state index contributed by atoms with van der Waals surface area (Å²) in [5, 5.41) is 11.8. The van der Waals surface area contributed by atoms with Gasteiger partial charge in [-0.05, 0) is 44.9 Å². The van der Waals surface area contributed by atoms with Crippen LogP contribution in [0.25, 0.3) is 0 Å². The van der Waals surface area contributed by atoms with Gasteiger partial charge < -0.3 is 14.6 Å². The van der Waals surface area contributed by atoms with Crippen molar-refractivity contribution in [2.75, 3.05) is 32.2 Å². The first-order valence-electron chi connectivity index (χ1n) is 9.67. The molecule has 1 aliphatic heterocycles. The molecule has 3 N–H and O–H groups in total. The molecule has 2 rings (SSSR count). The lowest BCUT2D eigenvalue weighted by Gasteiger charge is -2.20. The van der Waals surface area contributed by atoms with Crippen molar-refractivity contribution in [1.82, 2.24) is 14.9 Å². The number of benzene rings is 1. The van der Waals surface area contributed by atoms with Crippen LogP contribution < -0.4 is 14.8 Å². The van der Waals surface area contributed by atoms with E-state index in [1.807, 2.05) is 0 Å². The van der Waals surface area contributed by atoms with Crippen molar-refractivity contribution in [1.29, 1.82) is 0 Å². The number of carbonyl (C=O) groups excluding carboxylic acids is 2. The summed E-state index contributed by atoms with van der Waals surface area (Å²) in [5.41, 5.74) is -0.650. The lowest BCUT2D eigenvalue weighted by molar-refractivity contribution is -0.118. The number of amides is 3. The topological polar surface area (TPSA) is 134 Å². The van der Waals surface area contributed by atoms with E-state index >= 15 is 0 Å². The minimum atomic E-state index is -3.66. The summed E-state index contributed by atoms with van der Waals surface area (Å²) in [4.78, 5) is 23.6. The van der Waals surface area contributed by atoms with Gasteiger partial charge in [0.25, 0.3) is 0 Å². The van der Waals surface area contributed by atoms with Gasteiger partial charge in [-0.3, -0.25) is 15.0 Å². The predicted octanol–water partition coefficient (Wildman–Crippen LogP) is 0.872. The summed E-state index contributed by atoms with van der Waals surface area (Å²) in [5.74, 6) is -1.33. The maximum absolute atomic E-state index is 13.9. The van der Waals surface area contributed by atoms with Crippen LogP contribution in [0.4, 0.5) is 9.18 Å². The average molecular weight is 462 g/mol. The number of urea groups is 1. The smallest absolute Gasteiger partial charge is 0.326 e. The second kappa shape index (κ2) is 10.4. The van der Waals surface area contributed by atoms with E-state index in [4.69, 9.17) is 9.47 Å². The summed E-state index contributed by atoms with van der Waals surface area (Å²) in [6.45, 7) is 4.42. The average Bonchev–Trinajstić information content (AvgIpc) is 2.96. The van der Waals surface area contributed by atoms with Crippen molar-refractivity contribution < 1.29 is 37.0 Å². The van der Waals surface area contributed by atoms with E-state index in [2.05, 4.69) is 10.0 Å². The Morgan fingerprint density at radius 2 is 2.06 bits per heavy atom. The molecule has 1 aromatic rings. The van der Waals surface area contributed by atoms with E-state index in [-0.39, 0.29) is 44.4 Å². The van der Waals surface area contributed by atoms with E-state index in [1.54, 1.807) is 6.92 Å². The zero-order valence-electron chi connectivity index (χ0n) is 17.7. The fourth-order valence-electron chi connectivity index (χ4n) is 2.66. The number of nitrogens with one attached hydrogen (secondary N) is 2. The van der Waals surface area contributed by atoms with Crippen molar-refractivity contribution in [3.63, 3.8) is 0 Å². The molecule has 12 heteroatoms. The van der Waals surface area contributed by atoms with E-state index in [1.165, 1.54) is 36.9 Å². The molecule has 1 aromatic carbocycles. The molecule has 1 heterocycles. The van der Waals surface area contributed by atoms with E-state index in [0.29, 0.717) is 5.56 Å². The van der Waals surface area contributed by atoms with Gasteiger partial charge in [0.1, 0.15) is 19.9 Å². The van der Waals surface area contributed by atoms with Crippen LogP contribution in [-0.2, 0) is 19.6 Å². The first-order valence-corrected chi connectivity index (χ1v) is 11.3. The maximum Gasteiger partial charge on any atom is 0.326 e. The molecule has 3 amide bonds. The van der Waals surface area contributed by atoms with Crippen molar-refractivity contribution in [2.24, 2.45) is 0 Å². The predicted molar refractivity (Wildman–Crippen MR) is 109 cm³/mol. The minimum absolute atomic E-state index is 0.0801. The third-order valence-corrected chi connectivity index (χ3v) is 5.75. The molecule has 0 aliphatic carbocycles. The standard InChI is InChI=1S/C19H28FN3O7S/c1-13(14-5-6-15(20)16(9-14)30-11-19(2,3)26)22-31(27,28)8-4-7-29-12-23-10-17(24)21-18(23)25/h5-6,9,13,22,26H,4,7-8,10-12H2,1-3H3,(H,21,24,25)/t13-/m1/s1. The molecule has 10 nitrogen and oxygen atoms in total. The van der Waals surface area contributed by atoms with Crippen molar-refractivity contribution >= 4 is 22.0 Å². The first-order chi connectivity index (χ1) is 14.4. The van der Waals surface area contributed by atoms with Crippen molar-refractivity contribution in [2.45, 2.75) is 38.8 Å². The van der Waals surface area contributed by atoms with E-state index in [9.17, 15) is 27.5 Å². The van der Waals surface area contributed by atoms with Crippen molar-refractivity contribution in [3.8, 4) is 5.75 Å². The maximum atomic E-state index is 13.9. The Bertz CT molecular complexity index is 902. The normalized spacial score (nSPS) is 15.8. The lowest BCUT2D eigenvalue weighted by Crippen LogP contribution is -2.31. The number of imide groups is 1. The van der Waals surface area contributed by atoms with Crippen LogP contribution in [0, 0.1) is 5.82 Å². The Morgan fingerprint density at radius 1 is 1.35 bits per heavy atom. The Hall–Kier alpha value is -2.28. The summed E-state index contributed by atoms with van der Waals surface area (Å²) in [6.07, 6.45) is 0.175. The van der Waals surface area contributed by atoms with Crippen LogP contribution in [0.15, 0.2) is 18.2 Å². The number of aliphatic hydroxyl groups is 1. The molecule has 0 saturated carbocycles. The number of hydrogen-bond donors (Lipinski definition) is 3. The van der Waals surface area contributed by atoms with Crippen LogP contribution in [0.3, 0.4) is 0 Å². The van der Waals surface area contributed by atoms with Gasteiger partial charge in [0.15, 0.2) is 11.6 Å². The van der Waals surface area contributed by atoms with Crippen LogP contribution in [0.1, 0.15) is 38.8 Å². The van der Waals surface area contributed by atoms with Crippen LogP contribution >= 0.6 is 0 Å². The Labute approximate surface area is 180 Å². The SMILES string of the molecule is C[C@@H](NS(=O)(=O)CCCOCN1CC(=O)NC1=O)c1ccc(F)c(OCC(C)(C)O)c1. The summed E-state index contributed by atoms with van der Waals surface area (Å²) in [7, 11) is -3.66. The van der Waals surface area contributed by atoms with Gasteiger partial charge in [-0.1, -0.05) is 6.07 Å². The van der Waals surface area contributed by atoms with Crippen LogP contribution in [0.5, 0.6) is 5.75 Å². The van der Waals surface area contributed by atoms with Gasteiger partial charge in [0.05, 0.1) is 11.4 Å². The van der Waals surface area contributed by atoms with Crippen molar-refractivity contribution in [3.05, 3.63) is 29.6 Å². The molecule has 1 aliphatic rings. The lowest BCUT2D eigenvalue weighted by atomic mass is 10.1. The highest BCUT2D eigenvalue weighted by Gasteiger charge is 2.26. The third-order valence-electron chi connectivity index (χ3n) is 4.21. The van der Waals surface area contributed by atoms with Gasteiger partial charge in [0, 0.05) is 12.6 Å². The summed E-state index contributed by atoms with van der Waals surface area (Å²) < 4.78 is 51.6. The number of hydrogen-bond acceptors (Lipinski definition) is 7. The van der Waals surface area contributed by atoms with Crippen LogP contribution in [-0.4, -0.2) is 68.2 Å². The number of sulfonamides is 1. The molecule has 0 spiro atoms. The second-order valence-corrected chi connectivity index (χ2v) is 9.77. The molecule has 1 atom stereocenters. The Balaban J connectivity index is 1.81. The number of rotatable bonds is 12. The Kier molecular flexibility index (Phi) is 8.34. The summed E-state index contributed by atoms with van der Waals surface area (Å²) >= 11 is 0. The third kappa shape index (κ3) is 8.40. The highest BCUT2D eigenvalue weighted by molar-refractivity contribution is 7.89. The zero-order chi connectivity index (χ0) is 23.2. The Morgan fingerprint density at radius 3 is 2.68 bits per heavy atom. The molecule has 31 heavy (non-hydrogen) atoms. The summed E-state index contributed by atoms with van der Waals surface area (Å²) in [6, 6.07) is 2.83. The molecule has 174 valence electrons. The molecule has 0 bridgehead atoms. The molecular formula is C19H28FN3O7S. The molecule has 0 aromatic heterocycles. The first kappa shape index (κ1) is 25.0. The molecule has 1 saturated heterocycles. The number of halogens is 1. The number of carbonyl (C=O) groups is 2. The number of nitrogens with zero attached hydrogens (tertiary/aromatic N) is 1. The molecular weight excluding hydrogens is 433 g/mol. The fourth-order valence-corrected chi connectivity index (χ4v) is 3.95. The van der Waals surface area contributed by atoms with Gasteiger partial charge >= 0.3 is 6.03 Å². The van der Waals surface area contributed by atoms with E-state index in [0.717, 1.165) is 0 Å². The highest BCUT2D eigenvalue weighted by atomic mass is 32.2. The zero-order valence-corrected chi connectivity index (χ0v) is 18.5. The molecule has 0 radical (unpaired) electrons.